The number of nitrogens with two attached hydrogens (primary N) is 1. The number of ether oxygens (including phenoxy) is 1. The summed E-state index contributed by atoms with van der Waals surface area (Å²) in [6.07, 6.45) is 0. The van der Waals surface area contributed by atoms with Crippen LogP contribution in [0, 0.1) is 0 Å². The van der Waals surface area contributed by atoms with Crippen molar-refractivity contribution in [3.8, 4) is 11.5 Å². The highest BCUT2D eigenvalue weighted by atomic mass is 35.5. The second-order valence-electron chi connectivity index (χ2n) is 3.69. The molecule has 98 valence electrons. The van der Waals surface area contributed by atoms with Crippen LogP contribution in [-0.4, -0.2) is 5.91 Å². The molecule has 19 heavy (non-hydrogen) atoms. The van der Waals surface area contributed by atoms with E-state index < -0.39 is 5.91 Å². The third-order valence-electron chi connectivity index (χ3n) is 2.34. The zero-order valence-electron chi connectivity index (χ0n) is 9.49. The number of benzene rings is 2. The number of halogens is 3. The Morgan fingerprint density at radius 3 is 2.26 bits per heavy atom. The minimum atomic E-state index is -0.553. The van der Waals surface area contributed by atoms with Crippen molar-refractivity contribution < 1.29 is 9.53 Å². The van der Waals surface area contributed by atoms with Crippen molar-refractivity contribution in [2.75, 3.05) is 0 Å². The van der Waals surface area contributed by atoms with Crippen LogP contribution >= 0.6 is 34.8 Å². The molecule has 0 bridgehead atoms. The smallest absolute Gasteiger partial charge is 0.248 e. The summed E-state index contributed by atoms with van der Waals surface area (Å²) in [7, 11) is 0. The number of carbonyl (C=O) groups excluding carboxylic acids is 1. The van der Waals surface area contributed by atoms with E-state index in [1.807, 2.05) is 0 Å². The standard InChI is InChI=1S/C13H8Cl3NO2/c14-9-3-2-8(6-10(9)15)19-12-4-1-7(13(17)18)5-11(12)16/h1-6H,(H2,17,18). The van der Waals surface area contributed by atoms with Gasteiger partial charge in [-0.2, -0.15) is 0 Å². The fourth-order valence-electron chi connectivity index (χ4n) is 1.40. The fraction of sp³-hybridized carbons (Fsp3) is 0. The molecule has 0 aliphatic carbocycles. The van der Waals surface area contributed by atoms with Crippen LogP contribution < -0.4 is 10.5 Å². The molecule has 0 saturated heterocycles. The molecule has 0 unspecified atom stereocenters. The third-order valence-corrected chi connectivity index (χ3v) is 3.37. The van der Waals surface area contributed by atoms with Gasteiger partial charge in [-0.05, 0) is 30.3 Å². The van der Waals surface area contributed by atoms with E-state index in [1.54, 1.807) is 24.3 Å². The molecule has 2 aromatic rings. The lowest BCUT2D eigenvalue weighted by molar-refractivity contribution is 0.100. The molecule has 6 heteroatoms. The number of amides is 1. The number of rotatable bonds is 3. The molecule has 2 N–H and O–H groups in total. The largest absolute Gasteiger partial charge is 0.456 e. The Hall–Kier alpha value is -1.42. The lowest BCUT2D eigenvalue weighted by Gasteiger charge is -2.09. The van der Waals surface area contributed by atoms with E-state index in [1.165, 1.54) is 12.1 Å². The van der Waals surface area contributed by atoms with Gasteiger partial charge in [-0.25, -0.2) is 0 Å². The van der Waals surface area contributed by atoms with Gasteiger partial charge in [0.05, 0.1) is 15.1 Å². The average Bonchev–Trinajstić information content (AvgIpc) is 2.36. The molecular formula is C13H8Cl3NO2. The molecule has 1 amide bonds. The Morgan fingerprint density at radius 1 is 0.947 bits per heavy atom. The van der Waals surface area contributed by atoms with Gasteiger partial charge in [0.15, 0.2) is 0 Å². The van der Waals surface area contributed by atoms with E-state index in [0.29, 0.717) is 27.1 Å². The molecule has 0 saturated carbocycles. The third kappa shape index (κ3) is 3.32. The van der Waals surface area contributed by atoms with Gasteiger partial charge in [0.1, 0.15) is 11.5 Å². The SMILES string of the molecule is NC(=O)c1ccc(Oc2ccc(Cl)c(Cl)c2)c(Cl)c1. The molecule has 0 spiro atoms. The van der Waals surface area contributed by atoms with E-state index >= 15 is 0 Å². The summed E-state index contributed by atoms with van der Waals surface area (Å²) in [6.45, 7) is 0. The first-order valence-corrected chi connectivity index (χ1v) is 6.33. The van der Waals surface area contributed by atoms with Crippen LogP contribution in [0.3, 0.4) is 0 Å². The number of primary amides is 1. The Balaban J connectivity index is 2.28. The molecule has 3 nitrogen and oxygen atoms in total. The lowest BCUT2D eigenvalue weighted by atomic mass is 10.2. The van der Waals surface area contributed by atoms with Crippen LogP contribution in [0.25, 0.3) is 0 Å². The normalized spacial score (nSPS) is 10.3. The zero-order chi connectivity index (χ0) is 14.0. The quantitative estimate of drug-likeness (QED) is 0.904. The fourth-order valence-corrected chi connectivity index (χ4v) is 1.91. The average molecular weight is 317 g/mol. The predicted molar refractivity (Wildman–Crippen MR) is 76.5 cm³/mol. The highest BCUT2D eigenvalue weighted by Crippen LogP contribution is 2.33. The summed E-state index contributed by atoms with van der Waals surface area (Å²) in [4.78, 5) is 11.0. The Kier molecular flexibility index (Phi) is 4.20. The highest BCUT2D eigenvalue weighted by Gasteiger charge is 2.08. The molecule has 0 aliphatic heterocycles. The summed E-state index contributed by atoms with van der Waals surface area (Å²) in [5.74, 6) is 0.330. The molecule has 0 radical (unpaired) electrons. The summed E-state index contributed by atoms with van der Waals surface area (Å²) < 4.78 is 5.55. The Bertz CT molecular complexity index is 644. The Morgan fingerprint density at radius 2 is 1.68 bits per heavy atom. The van der Waals surface area contributed by atoms with Gasteiger partial charge >= 0.3 is 0 Å². The van der Waals surface area contributed by atoms with Gasteiger partial charge in [-0.15, -0.1) is 0 Å². The first-order chi connectivity index (χ1) is 8.97. The number of hydrogen-bond donors (Lipinski definition) is 1. The van der Waals surface area contributed by atoms with Crippen LogP contribution in [0.5, 0.6) is 11.5 Å². The molecule has 0 aromatic heterocycles. The van der Waals surface area contributed by atoms with Gasteiger partial charge in [0, 0.05) is 11.6 Å². The van der Waals surface area contributed by atoms with Crippen LogP contribution in [0.15, 0.2) is 36.4 Å². The molecule has 0 fully saturated rings. The van der Waals surface area contributed by atoms with Crippen molar-refractivity contribution >= 4 is 40.7 Å². The molecule has 2 aromatic carbocycles. The van der Waals surface area contributed by atoms with Gasteiger partial charge in [-0.3, -0.25) is 4.79 Å². The molecular weight excluding hydrogens is 309 g/mol. The maximum absolute atomic E-state index is 11.0. The minimum Gasteiger partial charge on any atom is -0.456 e. The van der Waals surface area contributed by atoms with Crippen molar-refractivity contribution in [2.45, 2.75) is 0 Å². The van der Waals surface area contributed by atoms with Crippen molar-refractivity contribution in [1.29, 1.82) is 0 Å². The van der Waals surface area contributed by atoms with Crippen molar-refractivity contribution in [2.24, 2.45) is 5.73 Å². The molecule has 0 atom stereocenters. The maximum atomic E-state index is 11.0. The van der Waals surface area contributed by atoms with E-state index in [9.17, 15) is 4.79 Å². The summed E-state index contributed by atoms with van der Waals surface area (Å²) in [5, 5.41) is 1.09. The van der Waals surface area contributed by atoms with Gasteiger partial charge < -0.3 is 10.5 Å². The first kappa shape index (κ1) is 14.0. The molecule has 2 rings (SSSR count). The highest BCUT2D eigenvalue weighted by molar-refractivity contribution is 6.42. The van der Waals surface area contributed by atoms with E-state index in [0.717, 1.165) is 0 Å². The van der Waals surface area contributed by atoms with Gasteiger partial charge in [-0.1, -0.05) is 34.8 Å². The second-order valence-corrected chi connectivity index (χ2v) is 4.91. The monoisotopic (exact) mass is 315 g/mol. The van der Waals surface area contributed by atoms with E-state index in [2.05, 4.69) is 0 Å². The summed E-state index contributed by atoms with van der Waals surface area (Å²) in [5.41, 5.74) is 5.46. The first-order valence-electron chi connectivity index (χ1n) is 5.19. The van der Waals surface area contributed by atoms with E-state index in [-0.39, 0.29) is 5.02 Å². The molecule has 0 heterocycles. The van der Waals surface area contributed by atoms with Crippen LogP contribution in [0.1, 0.15) is 10.4 Å². The molecule has 0 aliphatic rings. The topological polar surface area (TPSA) is 52.3 Å². The van der Waals surface area contributed by atoms with Crippen LogP contribution in [0.2, 0.25) is 15.1 Å². The van der Waals surface area contributed by atoms with E-state index in [4.69, 9.17) is 45.3 Å². The Labute approximate surface area is 124 Å². The number of hydrogen-bond acceptors (Lipinski definition) is 2. The number of carbonyl (C=O) groups is 1. The minimum absolute atomic E-state index is 0.280. The van der Waals surface area contributed by atoms with Crippen LogP contribution in [-0.2, 0) is 0 Å². The lowest BCUT2D eigenvalue weighted by Crippen LogP contribution is -2.10. The van der Waals surface area contributed by atoms with Crippen molar-refractivity contribution in [1.82, 2.24) is 0 Å². The second kappa shape index (κ2) is 5.70. The predicted octanol–water partition coefficient (Wildman–Crippen LogP) is 4.54. The van der Waals surface area contributed by atoms with Crippen molar-refractivity contribution in [3.63, 3.8) is 0 Å². The maximum Gasteiger partial charge on any atom is 0.248 e. The van der Waals surface area contributed by atoms with Crippen LogP contribution in [0.4, 0.5) is 0 Å². The summed E-state index contributed by atoms with van der Waals surface area (Å²) >= 11 is 17.7. The van der Waals surface area contributed by atoms with Gasteiger partial charge in [0.2, 0.25) is 5.91 Å². The van der Waals surface area contributed by atoms with Gasteiger partial charge in [0.25, 0.3) is 0 Å². The summed E-state index contributed by atoms with van der Waals surface area (Å²) in [6, 6.07) is 9.38. The van der Waals surface area contributed by atoms with Crippen molar-refractivity contribution in [3.05, 3.63) is 57.0 Å². The zero-order valence-corrected chi connectivity index (χ0v) is 11.8.